The number of hydrogen-bond donors (Lipinski definition) is 2. The normalized spacial score (nSPS) is 15.0. The van der Waals surface area contributed by atoms with Gasteiger partial charge in [-0.05, 0) is 48.7 Å². The molecule has 2 N–H and O–H groups in total. The molecule has 0 bridgehead atoms. The standard InChI is InChI=1S/C18H18FNO3/c19-14-6-4-12(5-7-14)17(21)11-23-16-3-1-2-13(10-16)18(22)20-15-8-9-15/h1-7,10,15,17,21H,8-9,11H2,(H,20,22). The zero-order valence-corrected chi connectivity index (χ0v) is 12.5. The van der Waals surface area contributed by atoms with Crippen LogP contribution in [0, 0.1) is 5.82 Å². The minimum Gasteiger partial charge on any atom is -0.491 e. The van der Waals surface area contributed by atoms with Gasteiger partial charge in [0.05, 0.1) is 0 Å². The van der Waals surface area contributed by atoms with Crippen LogP contribution in [-0.4, -0.2) is 23.7 Å². The van der Waals surface area contributed by atoms with Gasteiger partial charge < -0.3 is 15.2 Å². The summed E-state index contributed by atoms with van der Waals surface area (Å²) in [6.45, 7) is 0.0271. The molecule has 1 fully saturated rings. The molecule has 120 valence electrons. The molecule has 1 atom stereocenters. The minimum atomic E-state index is -0.862. The van der Waals surface area contributed by atoms with Crippen LogP contribution in [0.4, 0.5) is 4.39 Å². The summed E-state index contributed by atoms with van der Waals surface area (Å²) < 4.78 is 18.4. The summed E-state index contributed by atoms with van der Waals surface area (Å²) in [5, 5.41) is 13.0. The predicted molar refractivity (Wildman–Crippen MR) is 83.8 cm³/mol. The van der Waals surface area contributed by atoms with Gasteiger partial charge in [0.2, 0.25) is 0 Å². The number of rotatable bonds is 6. The molecule has 4 nitrogen and oxygen atoms in total. The molecular formula is C18H18FNO3. The SMILES string of the molecule is O=C(NC1CC1)c1cccc(OCC(O)c2ccc(F)cc2)c1. The van der Waals surface area contributed by atoms with Gasteiger partial charge in [0, 0.05) is 11.6 Å². The average molecular weight is 315 g/mol. The van der Waals surface area contributed by atoms with Crippen molar-refractivity contribution in [2.45, 2.75) is 25.0 Å². The highest BCUT2D eigenvalue weighted by atomic mass is 19.1. The van der Waals surface area contributed by atoms with E-state index in [1.165, 1.54) is 24.3 Å². The Hall–Kier alpha value is -2.40. The number of carbonyl (C=O) groups is 1. The van der Waals surface area contributed by atoms with Crippen LogP contribution >= 0.6 is 0 Å². The van der Waals surface area contributed by atoms with Crippen LogP contribution in [0.5, 0.6) is 5.75 Å². The predicted octanol–water partition coefficient (Wildman–Crippen LogP) is 2.83. The number of halogens is 1. The molecule has 2 aromatic rings. The molecule has 0 heterocycles. The van der Waals surface area contributed by atoms with Gasteiger partial charge >= 0.3 is 0 Å². The minimum absolute atomic E-state index is 0.0271. The summed E-state index contributed by atoms with van der Waals surface area (Å²) in [6, 6.07) is 12.8. The third kappa shape index (κ3) is 4.29. The lowest BCUT2D eigenvalue weighted by atomic mass is 10.1. The Balaban J connectivity index is 1.59. The highest BCUT2D eigenvalue weighted by Gasteiger charge is 2.23. The van der Waals surface area contributed by atoms with E-state index in [1.807, 2.05) is 0 Å². The monoisotopic (exact) mass is 315 g/mol. The van der Waals surface area contributed by atoms with E-state index in [-0.39, 0.29) is 18.3 Å². The van der Waals surface area contributed by atoms with Gasteiger partial charge in [-0.15, -0.1) is 0 Å². The smallest absolute Gasteiger partial charge is 0.251 e. The van der Waals surface area contributed by atoms with Crippen LogP contribution in [-0.2, 0) is 0 Å². The molecule has 1 unspecified atom stereocenters. The van der Waals surface area contributed by atoms with E-state index in [2.05, 4.69) is 5.32 Å². The van der Waals surface area contributed by atoms with Crippen LogP contribution in [0.15, 0.2) is 48.5 Å². The maximum Gasteiger partial charge on any atom is 0.251 e. The molecule has 1 aliphatic rings. The fourth-order valence-electron chi connectivity index (χ4n) is 2.18. The third-order valence-electron chi connectivity index (χ3n) is 3.67. The lowest BCUT2D eigenvalue weighted by Crippen LogP contribution is -2.25. The summed E-state index contributed by atoms with van der Waals surface area (Å²) in [5.74, 6) is 0.0443. The number of aliphatic hydroxyl groups is 1. The van der Waals surface area contributed by atoms with Gasteiger partial charge in [-0.3, -0.25) is 4.79 Å². The number of hydrogen-bond acceptors (Lipinski definition) is 3. The van der Waals surface area contributed by atoms with Crippen molar-refractivity contribution in [1.29, 1.82) is 0 Å². The van der Waals surface area contributed by atoms with Gasteiger partial charge in [-0.1, -0.05) is 18.2 Å². The maximum atomic E-state index is 12.9. The van der Waals surface area contributed by atoms with Crippen molar-refractivity contribution in [3.05, 3.63) is 65.5 Å². The Bertz CT molecular complexity index is 683. The second kappa shape index (κ2) is 6.79. The van der Waals surface area contributed by atoms with Crippen LogP contribution in [0.1, 0.15) is 34.9 Å². The molecule has 0 saturated heterocycles. The van der Waals surface area contributed by atoms with Crippen molar-refractivity contribution in [3.63, 3.8) is 0 Å². The van der Waals surface area contributed by atoms with E-state index in [9.17, 15) is 14.3 Å². The number of aliphatic hydroxyl groups excluding tert-OH is 1. The molecule has 23 heavy (non-hydrogen) atoms. The molecular weight excluding hydrogens is 297 g/mol. The van der Waals surface area contributed by atoms with E-state index in [1.54, 1.807) is 24.3 Å². The quantitative estimate of drug-likeness (QED) is 0.862. The van der Waals surface area contributed by atoms with E-state index in [4.69, 9.17) is 4.74 Å². The lowest BCUT2D eigenvalue weighted by Gasteiger charge is -2.13. The van der Waals surface area contributed by atoms with Crippen molar-refractivity contribution < 1.29 is 19.0 Å². The van der Waals surface area contributed by atoms with Crippen molar-refractivity contribution >= 4 is 5.91 Å². The van der Waals surface area contributed by atoms with Crippen molar-refractivity contribution in [2.24, 2.45) is 0 Å². The Morgan fingerprint density at radius 1 is 1.26 bits per heavy atom. The molecule has 1 amide bonds. The molecule has 5 heteroatoms. The zero-order chi connectivity index (χ0) is 16.2. The van der Waals surface area contributed by atoms with E-state index < -0.39 is 6.10 Å². The number of benzene rings is 2. The molecule has 2 aromatic carbocycles. The zero-order valence-electron chi connectivity index (χ0n) is 12.5. The second-order valence-electron chi connectivity index (χ2n) is 5.65. The number of carbonyl (C=O) groups excluding carboxylic acids is 1. The van der Waals surface area contributed by atoms with E-state index in [0.717, 1.165) is 12.8 Å². The van der Waals surface area contributed by atoms with Crippen molar-refractivity contribution in [2.75, 3.05) is 6.61 Å². The Kier molecular flexibility index (Phi) is 4.57. The first kappa shape index (κ1) is 15.5. The third-order valence-corrected chi connectivity index (χ3v) is 3.67. The van der Waals surface area contributed by atoms with E-state index in [0.29, 0.717) is 22.9 Å². The van der Waals surface area contributed by atoms with Crippen LogP contribution < -0.4 is 10.1 Å². The molecule has 0 spiro atoms. The fraction of sp³-hybridized carbons (Fsp3) is 0.278. The molecule has 0 aromatic heterocycles. The summed E-state index contributed by atoms with van der Waals surface area (Å²) >= 11 is 0. The number of nitrogens with one attached hydrogen (secondary N) is 1. The first-order valence-electron chi connectivity index (χ1n) is 7.59. The highest BCUT2D eigenvalue weighted by Crippen LogP contribution is 2.21. The summed E-state index contributed by atoms with van der Waals surface area (Å²) in [6.07, 6.45) is 1.21. The fourth-order valence-corrected chi connectivity index (χ4v) is 2.18. The van der Waals surface area contributed by atoms with Crippen LogP contribution in [0.3, 0.4) is 0 Å². The molecule has 0 aliphatic heterocycles. The molecule has 1 aliphatic carbocycles. The molecule has 0 radical (unpaired) electrons. The first-order valence-corrected chi connectivity index (χ1v) is 7.59. The summed E-state index contributed by atoms with van der Waals surface area (Å²) in [7, 11) is 0. The van der Waals surface area contributed by atoms with Crippen LogP contribution in [0.25, 0.3) is 0 Å². The summed E-state index contributed by atoms with van der Waals surface area (Å²) in [4.78, 5) is 12.0. The molecule has 1 saturated carbocycles. The van der Waals surface area contributed by atoms with Gasteiger partial charge in [0.15, 0.2) is 0 Å². The Morgan fingerprint density at radius 2 is 2.00 bits per heavy atom. The first-order chi connectivity index (χ1) is 11.1. The highest BCUT2D eigenvalue weighted by molar-refractivity contribution is 5.94. The second-order valence-corrected chi connectivity index (χ2v) is 5.65. The number of ether oxygens (including phenoxy) is 1. The van der Waals surface area contributed by atoms with Crippen molar-refractivity contribution in [3.8, 4) is 5.75 Å². The van der Waals surface area contributed by atoms with Gasteiger partial charge in [-0.25, -0.2) is 4.39 Å². The number of amides is 1. The van der Waals surface area contributed by atoms with Gasteiger partial charge in [0.1, 0.15) is 24.3 Å². The summed E-state index contributed by atoms with van der Waals surface area (Å²) in [5.41, 5.74) is 1.11. The van der Waals surface area contributed by atoms with E-state index >= 15 is 0 Å². The lowest BCUT2D eigenvalue weighted by molar-refractivity contribution is 0.0949. The Morgan fingerprint density at radius 3 is 2.70 bits per heavy atom. The van der Waals surface area contributed by atoms with Crippen molar-refractivity contribution in [1.82, 2.24) is 5.32 Å². The average Bonchev–Trinajstić information content (AvgIpc) is 3.37. The van der Waals surface area contributed by atoms with Crippen LogP contribution in [0.2, 0.25) is 0 Å². The topological polar surface area (TPSA) is 58.6 Å². The Labute approximate surface area is 133 Å². The van der Waals surface area contributed by atoms with Gasteiger partial charge in [0.25, 0.3) is 5.91 Å². The van der Waals surface area contributed by atoms with Gasteiger partial charge in [-0.2, -0.15) is 0 Å². The maximum absolute atomic E-state index is 12.9. The molecule has 3 rings (SSSR count). The largest absolute Gasteiger partial charge is 0.491 e.